The largest absolute Gasteiger partial charge is 0.462 e. The molecule has 0 rings (SSSR count). The fourth-order valence-corrected chi connectivity index (χ4v) is 8.84. The second-order valence-corrected chi connectivity index (χ2v) is 20.6. The van der Waals surface area contributed by atoms with Crippen LogP contribution in [0.15, 0.2) is 0 Å². The highest BCUT2D eigenvalue weighted by molar-refractivity contribution is 5.71. The molecule has 0 amide bonds. The van der Waals surface area contributed by atoms with Gasteiger partial charge in [-0.25, -0.2) is 0 Å². The van der Waals surface area contributed by atoms with Crippen molar-refractivity contribution in [3.63, 3.8) is 0 Å². The topological polar surface area (TPSA) is 78.9 Å². The van der Waals surface area contributed by atoms with Gasteiger partial charge < -0.3 is 14.2 Å². The standard InChI is InChI=1S/C58H112O6/c1-6-8-9-10-11-12-13-14-19-23-26-29-32-38-43-48-56(59)62-51-55(52-63-57(60)49-44-39-35-34-37-42-47-54(5)7-2)64-58(61)50-45-40-33-30-27-24-21-18-16-15-17-20-22-25-28-31-36-41-46-53(3)4/h53-55H,6-52H2,1-5H3/t54?,55-/m1/s1. The average molecular weight is 906 g/mol. The van der Waals surface area contributed by atoms with Crippen molar-refractivity contribution in [3.05, 3.63) is 0 Å². The van der Waals surface area contributed by atoms with Gasteiger partial charge >= 0.3 is 17.9 Å². The third-order valence-corrected chi connectivity index (χ3v) is 13.6. The maximum absolute atomic E-state index is 12.8. The van der Waals surface area contributed by atoms with Gasteiger partial charge in [0.05, 0.1) is 0 Å². The van der Waals surface area contributed by atoms with Gasteiger partial charge in [0.2, 0.25) is 0 Å². The SMILES string of the molecule is CCCCCCCCCCCCCCCCCC(=O)OC[C@H](COC(=O)CCCCCCCCC(C)CC)OC(=O)CCCCCCCCCCCCCCCCCCCCC(C)C. The van der Waals surface area contributed by atoms with Gasteiger partial charge in [-0.1, -0.05) is 285 Å². The summed E-state index contributed by atoms with van der Waals surface area (Å²) in [4.78, 5) is 38.1. The Bertz CT molecular complexity index is 980. The van der Waals surface area contributed by atoms with Gasteiger partial charge in [0.1, 0.15) is 13.2 Å². The third-order valence-electron chi connectivity index (χ3n) is 13.6. The summed E-state index contributed by atoms with van der Waals surface area (Å²) in [5, 5.41) is 0. The van der Waals surface area contributed by atoms with E-state index >= 15 is 0 Å². The van der Waals surface area contributed by atoms with E-state index in [2.05, 4.69) is 34.6 Å². The third kappa shape index (κ3) is 49.8. The van der Waals surface area contributed by atoms with Crippen molar-refractivity contribution in [3.8, 4) is 0 Å². The number of carbonyl (C=O) groups excluding carboxylic acids is 3. The van der Waals surface area contributed by atoms with Crippen LogP contribution in [-0.2, 0) is 28.6 Å². The second-order valence-electron chi connectivity index (χ2n) is 20.6. The monoisotopic (exact) mass is 905 g/mol. The van der Waals surface area contributed by atoms with E-state index in [4.69, 9.17) is 14.2 Å². The number of carbonyl (C=O) groups is 3. The molecule has 64 heavy (non-hydrogen) atoms. The lowest BCUT2D eigenvalue weighted by atomic mass is 10.00. The summed E-state index contributed by atoms with van der Waals surface area (Å²) in [7, 11) is 0. The lowest BCUT2D eigenvalue weighted by Gasteiger charge is -2.18. The van der Waals surface area contributed by atoms with Crippen molar-refractivity contribution in [1.82, 2.24) is 0 Å². The first-order chi connectivity index (χ1) is 31.3. The highest BCUT2D eigenvalue weighted by atomic mass is 16.6. The van der Waals surface area contributed by atoms with Crippen LogP contribution in [0.4, 0.5) is 0 Å². The van der Waals surface area contributed by atoms with Crippen LogP contribution in [-0.4, -0.2) is 37.2 Å². The fourth-order valence-electron chi connectivity index (χ4n) is 8.84. The van der Waals surface area contributed by atoms with Gasteiger partial charge in [-0.3, -0.25) is 14.4 Å². The molecule has 0 fully saturated rings. The summed E-state index contributed by atoms with van der Waals surface area (Å²) in [6.07, 6.45) is 53.9. The summed E-state index contributed by atoms with van der Waals surface area (Å²) in [5.41, 5.74) is 0. The molecular weight excluding hydrogens is 793 g/mol. The Morgan fingerprint density at radius 1 is 0.328 bits per heavy atom. The fraction of sp³-hybridized carbons (Fsp3) is 0.948. The summed E-state index contributed by atoms with van der Waals surface area (Å²) in [6.45, 7) is 11.4. The molecule has 0 bridgehead atoms. The van der Waals surface area contributed by atoms with E-state index < -0.39 is 6.10 Å². The maximum Gasteiger partial charge on any atom is 0.306 e. The Hall–Kier alpha value is -1.59. The minimum Gasteiger partial charge on any atom is -0.462 e. The smallest absolute Gasteiger partial charge is 0.306 e. The Morgan fingerprint density at radius 2 is 0.594 bits per heavy atom. The highest BCUT2D eigenvalue weighted by Gasteiger charge is 2.19. The Labute approximate surface area is 399 Å². The molecule has 0 saturated carbocycles. The van der Waals surface area contributed by atoms with Crippen LogP contribution in [0.5, 0.6) is 0 Å². The Balaban J connectivity index is 4.23. The molecule has 6 nitrogen and oxygen atoms in total. The molecule has 0 aliphatic heterocycles. The molecule has 0 aromatic heterocycles. The summed E-state index contributed by atoms with van der Waals surface area (Å²) in [5.74, 6) is 0.829. The lowest BCUT2D eigenvalue weighted by Crippen LogP contribution is -2.30. The molecule has 380 valence electrons. The molecule has 0 saturated heterocycles. The van der Waals surface area contributed by atoms with Crippen LogP contribution < -0.4 is 0 Å². The van der Waals surface area contributed by atoms with Crippen LogP contribution in [0.1, 0.15) is 324 Å². The predicted octanol–water partition coefficient (Wildman–Crippen LogP) is 18.9. The number of esters is 3. The number of hydrogen-bond acceptors (Lipinski definition) is 6. The van der Waals surface area contributed by atoms with Crippen LogP contribution in [0.3, 0.4) is 0 Å². The van der Waals surface area contributed by atoms with Crippen molar-refractivity contribution < 1.29 is 28.6 Å². The first-order valence-corrected chi connectivity index (χ1v) is 28.8. The zero-order valence-electron chi connectivity index (χ0n) is 43.9. The summed E-state index contributed by atoms with van der Waals surface area (Å²) in [6, 6.07) is 0. The molecule has 0 aliphatic rings. The molecule has 0 aromatic rings. The zero-order valence-corrected chi connectivity index (χ0v) is 43.9. The normalized spacial score (nSPS) is 12.5. The maximum atomic E-state index is 12.8. The molecule has 0 aromatic carbocycles. The number of rotatable bonds is 52. The van der Waals surface area contributed by atoms with Crippen LogP contribution in [0.25, 0.3) is 0 Å². The molecule has 2 atom stereocenters. The molecule has 6 heteroatoms. The van der Waals surface area contributed by atoms with Gasteiger partial charge in [-0.15, -0.1) is 0 Å². The molecule has 0 spiro atoms. The van der Waals surface area contributed by atoms with E-state index in [1.807, 2.05) is 0 Å². The van der Waals surface area contributed by atoms with Gasteiger partial charge in [0, 0.05) is 19.3 Å². The number of hydrogen-bond donors (Lipinski definition) is 0. The minimum atomic E-state index is -0.763. The van der Waals surface area contributed by atoms with Gasteiger partial charge in [0.15, 0.2) is 6.10 Å². The van der Waals surface area contributed by atoms with Crippen molar-refractivity contribution in [2.24, 2.45) is 11.8 Å². The Kier molecular flexibility index (Phi) is 49.6. The molecule has 1 unspecified atom stereocenters. The number of ether oxygens (including phenoxy) is 3. The van der Waals surface area contributed by atoms with Gasteiger partial charge in [0.25, 0.3) is 0 Å². The van der Waals surface area contributed by atoms with Gasteiger partial charge in [-0.05, 0) is 31.1 Å². The molecule has 0 radical (unpaired) electrons. The second kappa shape index (κ2) is 50.8. The van der Waals surface area contributed by atoms with Crippen LogP contribution in [0.2, 0.25) is 0 Å². The van der Waals surface area contributed by atoms with Crippen molar-refractivity contribution in [1.29, 1.82) is 0 Å². The summed E-state index contributed by atoms with van der Waals surface area (Å²) < 4.78 is 16.9. The first-order valence-electron chi connectivity index (χ1n) is 28.8. The average Bonchev–Trinajstić information content (AvgIpc) is 3.28. The van der Waals surface area contributed by atoms with Crippen LogP contribution in [0, 0.1) is 11.8 Å². The first kappa shape index (κ1) is 62.4. The lowest BCUT2D eigenvalue weighted by molar-refractivity contribution is -0.167. The zero-order chi connectivity index (χ0) is 46.8. The van der Waals surface area contributed by atoms with Crippen LogP contribution >= 0.6 is 0 Å². The highest BCUT2D eigenvalue weighted by Crippen LogP contribution is 2.18. The number of unbranched alkanes of at least 4 members (excludes halogenated alkanes) is 36. The molecule has 0 aliphatic carbocycles. The summed E-state index contributed by atoms with van der Waals surface area (Å²) >= 11 is 0. The van der Waals surface area contributed by atoms with E-state index in [1.165, 1.54) is 212 Å². The van der Waals surface area contributed by atoms with E-state index in [0.29, 0.717) is 19.3 Å². The van der Waals surface area contributed by atoms with Crippen molar-refractivity contribution >= 4 is 17.9 Å². The van der Waals surface area contributed by atoms with E-state index in [-0.39, 0.29) is 31.1 Å². The predicted molar refractivity (Wildman–Crippen MR) is 275 cm³/mol. The Morgan fingerprint density at radius 3 is 0.891 bits per heavy atom. The van der Waals surface area contributed by atoms with E-state index in [0.717, 1.165) is 69.6 Å². The van der Waals surface area contributed by atoms with E-state index in [9.17, 15) is 14.4 Å². The van der Waals surface area contributed by atoms with E-state index in [1.54, 1.807) is 0 Å². The molecule has 0 heterocycles. The van der Waals surface area contributed by atoms with Crippen molar-refractivity contribution in [2.75, 3.05) is 13.2 Å². The molecule has 0 N–H and O–H groups in total. The minimum absolute atomic E-state index is 0.0635. The van der Waals surface area contributed by atoms with Crippen molar-refractivity contribution in [2.45, 2.75) is 330 Å². The molecular formula is C58H112O6. The quantitative estimate of drug-likeness (QED) is 0.0344. The van der Waals surface area contributed by atoms with Gasteiger partial charge in [-0.2, -0.15) is 0 Å².